The molecule has 1 atom stereocenters. The van der Waals surface area contributed by atoms with E-state index < -0.39 is 11.9 Å². The molecule has 1 aromatic heterocycles. The summed E-state index contributed by atoms with van der Waals surface area (Å²) in [6.45, 7) is 2.88. The molecule has 0 fully saturated rings. The Hall–Kier alpha value is -2.29. The molecule has 9 heteroatoms. The van der Waals surface area contributed by atoms with Crippen molar-refractivity contribution in [3.63, 3.8) is 0 Å². The summed E-state index contributed by atoms with van der Waals surface area (Å²) in [5.74, 6) is 0.516. The zero-order chi connectivity index (χ0) is 19.2. The Bertz CT molecular complexity index is 715. The van der Waals surface area contributed by atoms with Crippen molar-refractivity contribution in [3.05, 3.63) is 46.4 Å². The quantitative estimate of drug-likeness (QED) is 0.592. The number of nitrogens with zero attached hydrogens (tertiary/aromatic N) is 3. The predicted octanol–water partition coefficient (Wildman–Crippen LogP) is 3.35. The average Bonchev–Trinajstić information content (AvgIpc) is 3.11. The van der Waals surface area contributed by atoms with Gasteiger partial charge in [-0.25, -0.2) is 4.98 Å². The van der Waals surface area contributed by atoms with Gasteiger partial charge in [-0.3, -0.25) is 4.99 Å². The van der Waals surface area contributed by atoms with Gasteiger partial charge in [0.15, 0.2) is 11.7 Å². The topological polar surface area (TPSA) is 52.6 Å². The molecule has 26 heavy (non-hydrogen) atoms. The second-order valence-electron chi connectivity index (χ2n) is 5.73. The standard InChI is InChI=1S/C17H22F3N5S/c1-12(25(3)13-7-5-4-6-8-13)9-22-16(21-2)23-10-15-24-14(11-26-15)17(18,19)20/h4-8,11-12H,9-10H2,1-3H3,(H2,21,22,23). The number of hydrogen-bond donors (Lipinski definition) is 2. The molecule has 0 aliphatic heterocycles. The summed E-state index contributed by atoms with van der Waals surface area (Å²) >= 11 is 0.971. The van der Waals surface area contributed by atoms with Gasteiger partial charge in [0.1, 0.15) is 5.01 Å². The number of likely N-dealkylation sites (N-methyl/N-ethyl adjacent to an activating group) is 1. The lowest BCUT2D eigenvalue weighted by Gasteiger charge is -2.27. The molecule has 0 aliphatic rings. The van der Waals surface area contributed by atoms with Crippen molar-refractivity contribution < 1.29 is 13.2 Å². The van der Waals surface area contributed by atoms with Crippen molar-refractivity contribution in [3.8, 4) is 0 Å². The van der Waals surface area contributed by atoms with Crippen LogP contribution in [0.4, 0.5) is 18.9 Å². The highest BCUT2D eigenvalue weighted by atomic mass is 32.1. The molecule has 2 rings (SSSR count). The second kappa shape index (κ2) is 8.88. The second-order valence-corrected chi connectivity index (χ2v) is 6.67. The Balaban J connectivity index is 1.83. The van der Waals surface area contributed by atoms with Gasteiger partial charge in [0, 0.05) is 37.7 Å². The van der Waals surface area contributed by atoms with Crippen molar-refractivity contribution >= 4 is 23.0 Å². The van der Waals surface area contributed by atoms with Crippen molar-refractivity contribution in [2.45, 2.75) is 25.7 Å². The van der Waals surface area contributed by atoms with E-state index in [0.29, 0.717) is 17.5 Å². The van der Waals surface area contributed by atoms with Crippen molar-refractivity contribution in [2.75, 3.05) is 25.5 Å². The Kier molecular flexibility index (Phi) is 6.84. The van der Waals surface area contributed by atoms with Gasteiger partial charge in [-0.05, 0) is 19.1 Å². The minimum absolute atomic E-state index is 0.184. The average molecular weight is 385 g/mol. The number of alkyl halides is 3. The number of halogens is 3. The van der Waals surface area contributed by atoms with Gasteiger partial charge in [0.05, 0.1) is 6.54 Å². The molecule has 0 saturated carbocycles. The third-order valence-electron chi connectivity index (χ3n) is 3.86. The van der Waals surface area contributed by atoms with E-state index in [-0.39, 0.29) is 12.6 Å². The number of aromatic nitrogens is 1. The van der Waals surface area contributed by atoms with Gasteiger partial charge in [-0.1, -0.05) is 18.2 Å². The van der Waals surface area contributed by atoms with E-state index in [4.69, 9.17) is 0 Å². The van der Waals surface area contributed by atoms with Crippen LogP contribution in [-0.4, -0.2) is 37.6 Å². The summed E-state index contributed by atoms with van der Waals surface area (Å²) < 4.78 is 37.7. The zero-order valence-electron chi connectivity index (χ0n) is 14.8. The molecule has 2 N–H and O–H groups in total. The highest BCUT2D eigenvalue weighted by molar-refractivity contribution is 7.09. The highest BCUT2D eigenvalue weighted by Gasteiger charge is 2.33. The van der Waals surface area contributed by atoms with Crippen molar-refractivity contribution in [2.24, 2.45) is 4.99 Å². The van der Waals surface area contributed by atoms with Gasteiger partial charge in [-0.15, -0.1) is 11.3 Å². The zero-order valence-corrected chi connectivity index (χ0v) is 15.7. The number of thiazole rings is 1. The lowest BCUT2D eigenvalue weighted by atomic mass is 10.2. The number of nitrogens with one attached hydrogen (secondary N) is 2. The number of anilines is 1. The van der Waals surface area contributed by atoms with Crippen LogP contribution in [0.2, 0.25) is 0 Å². The van der Waals surface area contributed by atoms with Crippen molar-refractivity contribution in [1.82, 2.24) is 15.6 Å². The Labute approximate surface area is 155 Å². The van der Waals surface area contributed by atoms with Crippen LogP contribution in [0.5, 0.6) is 0 Å². The fourth-order valence-corrected chi connectivity index (χ4v) is 2.94. The van der Waals surface area contributed by atoms with E-state index in [1.807, 2.05) is 37.4 Å². The fraction of sp³-hybridized carbons (Fsp3) is 0.412. The SMILES string of the molecule is CN=C(NCc1nc(C(F)(F)F)cs1)NCC(C)N(C)c1ccccc1. The lowest BCUT2D eigenvalue weighted by molar-refractivity contribution is -0.140. The van der Waals surface area contributed by atoms with Gasteiger partial charge in [-0.2, -0.15) is 13.2 Å². The smallest absolute Gasteiger partial charge is 0.370 e. The molecule has 0 amide bonds. The van der Waals surface area contributed by atoms with Gasteiger partial charge >= 0.3 is 6.18 Å². The van der Waals surface area contributed by atoms with E-state index in [1.165, 1.54) is 0 Å². The van der Waals surface area contributed by atoms with Crippen LogP contribution in [0.1, 0.15) is 17.6 Å². The molecule has 2 aromatic rings. The van der Waals surface area contributed by atoms with Crippen LogP contribution >= 0.6 is 11.3 Å². The van der Waals surface area contributed by atoms with E-state index >= 15 is 0 Å². The molecule has 0 radical (unpaired) electrons. The number of rotatable bonds is 6. The first-order chi connectivity index (χ1) is 12.3. The molecule has 1 heterocycles. The number of para-hydroxylation sites is 1. The lowest BCUT2D eigenvalue weighted by Crippen LogP contribution is -2.44. The molecule has 1 aromatic carbocycles. The third kappa shape index (κ3) is 5.62. The van der Waals surface area contributed by atoms with E-state index in [9.17, 15) is 13.2 Å². The first-order valence-corrected chi connectivity index (χ1v) is 8.93. The van der Waals surface area contributed by atoms with Crippen LogP contribution in [0.25, 0.3) is 0 Å². The molecule has 5 nitrogen and oxygen atoms in total. The van der Waals surface area contributed by atoms with E-state index in [1.54, 1.807) is 7.05 Å². The molecule has 0 bridgehead atoms. The van der Waals surface area contributed by atoms with Crippen molar-refractivity contribution in [1.29, 1.82) is 0 Å². The predicted molar refractivity (Wildman–Crippen MR) is 99.6 cm³/mol. The van der Waals surface area contributed by atoms with E-state index in [0.717, 1.165) is 22.4 Å². The Morgan fingerprint density at radius 1 is 1.27 bits per heavy atom. The first-order valence-electron chi connectivity index (χ1n) is 8.05. The van der Waals surface area contributed by atoms with Gasteiger partial charge in [0.25, 0.3) is 0 Å². The van der Waals surface area contributed by atoms with Gasteiger partial charge in [0.2, 0.25) is 0 Å². The maximum absolute atomic E-state index is 12.6. The molecular formula is C17H22F3N5S. The largest absolute Gasteiger partial charge is 0.434 e. The van der Waals surface area contributed by atoms with Crippen LogP contribution in [0.15, 0.2) is 40.7 Å². The molecule has 0 aliphatic carbocycles. The van der Waals surface area contributed by atoms with Crippen LogP contribution in [0.3, 0.4) is 0 Å². The molecular weight excluding hydrogens is 363 g/mol. The number of aliphatic imine (C=N–C) groups is 1. The molecule has 0 saturated heterocycles. The summed E-state index contributed by atoms with van der Waals surface area (Å²) in [5, 5.41) is 7.54. The normalized spacial score (nSPS) is 13.4. The molecule has 142 valence electrons. The maximum Gasteiger partial charge on any atom is 0.434 e. The number of guanidine groups is 1. The van der Waals surface area contributed by atoms with Gasteiger partial charge < -0.3 is 15.5 Å². The maximum atomic E-state index is 12.6. The van der Waals surface area contributed by atoms with E-state index in [2.05, 4.69) is 32.4 Å². The fourth-order valence-electron chi connectivity index (χ4n) is 2.20. The van der Waals surface area contributed by atoms with Crippen LogP contribution in [0, 0.1) is 0 Å². The summed E-state index contributed by atoms with van der Waals surface area (Å²) in [4.78, 5) is 9.82. The summed E-state index contributed by atoms with van der Waals surface area (Å²) in [6.07, 6.45) is -4.41. The highest BCUT2D eigenvalue weighted by Crippen LogP contribution is 2.29. The summed E-state index contributed by atoms with van der Waals surface area (Å²) in [7, 11) is 3.62. The first kappa shape index (κ1) is 20.0. The Morgan fingerprint density at radius 2 is 1.96 bits per heavy atom. The Morgan fingerprint density at radius 3 is 2.54 bits per heavy atom. The number of hydrogen-bond acceptors (Lipinski definition) is 4. The van der Waals surface area contributed by atoms with Crippen LogP contribution in [-0.2, 0) is 12.7 Å². The monoisotopic (exact) mass is 385 g/mol. The molecule has 1 unspecified atom stereocenters. The minimum Gasteiger partial charge on any atom is -0.370 e. The number of benzene rings is 1. The summed E-state index contributed by atoms with van der Waals surface area (Å²) in [5.41, 5.74) is 0.243. The third-order valence-corrected chi connectivity index (χ3v) is 4.71. The minimum atomic E-state index is -4.41. The summed E-state index contributed by atoms with van der Waals surface area (Å²) in [6, 6.07) is 10.2. The van der Waals surface area contributed by atoms with Crippen LogP contribution < -0.4 is 15.5 Å². The molecule has 0 spiro atoms.